The third-order valence-corrected chi connectivity index (χ3v) is 4.85. The predicted octanol–water partition coefficient (Wildman–Crippen LogP) is 2.56. The number of hydrogen-bond acceptors (Lipinski definition) is 4. The summed E-state index contributed by atoms with van der Waals surface area (Å²) in [5.41, 5.74) is 2.07. The Balaban J connectivity index is 1.66. The van der Waals surface area contributed by atoms with Gasteiger partial charge in [-0.25, -0.2) is 4.68 Å². The van der Waals surface area contributed by atoms with Gasteiger partial charge in [-0.05, 0) is 62.9 Å². The Morgan fingerprint density at radius 3 is 2.42 bits per heavy atom. The van der Waals surface area contributed by atoms with Gasteiger partial charge in [0.25, 0.3) is 5.91 Å². The van der Waals surface area contributed by atoms with Crippen LogP contribution in [0.4, 0.5) is 0 Å². The van der Waals surface area contributed by atoms with Crippen LogP contribution in [0.1, 0.15) is 41.9 Å². The van der Waals surface area contributed by atoms with Gasteiger partial charge < -0.3 is 15.2 Å². The summed E-state index contributed by atoms with van der Waals surface area (Å²) < 4.78 is 6.87. The van der Waals surface area contributed by atoms with E-state index in [0.717, 1.165) is 17.1 Å². The van der Waals surface area contributed by atoms with Gasteiger partial charge in [0, 0.05) is 11.7 Å². The second-order valence-corrected chi connectivity index (χ2v) is 6.64. The molecule has 1 fully saturated rings. The minimum atomic E-state index is -0.747. The maximum Gasteiger partial charge on any atom is 0.306 e. The first-order chi connectivity index (χ1) is 12.5. The molecule has 1 aliphatic rings. The molecule has 1 saturated carbocycles. The first-order valence-corrected chi connectivity index (χ1v) is 8.72. The summed E-state index contributed by atoms with van der Waals surface area (Å²) in [6, 6.07) is 9.21. The van der Waals surface area contributed by atoms with Crippen LogP contribution in [-0.4, -0.2) is 39.9 Å². The molecule has 3 rings (SSSR count). The molecule has 1 aliphatic carbocycles. The lowest BCUT2D eigenvalue weighted by atomic mass is 9.86. The van der Waals surface area contributed by atoms with E-state index in [1.165, 1.54) is 0 Å². The Labute approximate surface area is 152 Å². The zero-order valence-electron chi connectivity index (χ0n) is 14.9. The normalized spacial score (nSPS) is 19.8. The fourth-order valence-electron chi connectivity index (χ4n) is 3.31. The van der Waals surface area contributed by atoms with Gasteiger partial charge in [-0.15, -0.1) is 0 Å². The molecule has 0 atom stereocenters. The van der Waals surface area contributed by atoms with Crippen LogP contribution in [0.3, 0.4) is 0 Å². The summed E-state index contributed by atoms with van der Waals surface area (Å²) in [5, 5.41) is 16.4. The van der Waals surface area contributed by atoms with Gasteiger partial charge in [0.15, 0.2) is 5.69 Å². The number of nitrogens with one attached hydrogen (secondary N) is 1. The molecule has 1 heterocycles. The number of benzene rings is 1. The molecule has 0 unspecified atom stereocenters. The SMILES string of the molecule is COc1ccc(-n2nc(C(=O)NC3CCC(C(=O)O)CC3)cc2C)cc1. The standard InChI is InChI=1S/C19H23N3O4/c1-12-11-17(21-22(12)15-7-9-16(26-2)10-8-15)18(23)20-14-5-3-13(4-6-14)19(24)25/h7-11,13-14H,3-6H2,1-2H3,(H,20,23)(H,24,25). The van der Waals surface area contributed by atoms with Crippen LogP contribution >= 0.6 is 0 Å². The summed E-state index contributed by atoms with van der Waals surface area (Å²) in [7, 11) is 1.61. The number of amides is 1. The van der Waals surface area contributed by atoms with Crippen molar-refractivity contribution >= 4 is 11.9 Å². The highest BCUT2D eigenvalue weighted by Gasteiger charge is 2.27. The first-order valence-electron chi connectivity index (χ1n) is 8.72. The van der Waals surface area contributed by atoms with Gasteiger partial charge in [0.1, 0.15) is 5.75 Å². The van der Waals surface area contributed by atoms with Crippen LogP contribution in [0.5, 0.6) is 5.75 Å². The lowest BCUT2D eigenvalue weighted by Crippen LogP contribution is -2.38. The molecule has 1 aromatic heterocycles. The van der Waals surface area contributed by atoms with Crippen molar-refractivity contribution in [2.24, 2.45) is 5.92 Å². The number of aryl methyl sites for hydroxylation is 1. The van der Waals surface area contributed by atoms with Crippen LogP contribution in [-0.2, 0) is 4.79 Å². The fraction of sp³-hybridized carbons (Fsp3) is 0.421. The topological polar surface area (TPSA) is 93.5 Å². The molecular weight excluding hydrogens is 334 g/mol. The van der Waals surface area contributed by atoms with Crippen molar-refractivity contribution in [1.29, 1.82) is 0 Å². The van der Waals surface area contributed by atoms with E-state index >= 15 is 0 Å². The van der Waals surface area contributed by atoms with Gasteiger partial charge in [0.2, 0.25) is 0 Å². The molecule has 7 heteroatoms. The summed E-state index contributed by atoms with van der Waals surface area (Å²) >= 11 is 0. The Morgan fingerprint density at radius 1 is 1.19 bits per heavy atom. The first kappa shape index (κ1) is 18.0. The quantitative estimate of drug-likeness (QED) is 0.858. The van der Waals surface area contributed by atoms with E-state index in [9.17, 15) is 9.59 Å². The summed E-state index contributed by atoms with van der Waals surface area (Å²) in [5.74, 6) is -0.504. The largest absolute Gasteiger partial charge is 0.497 e. The molecule has 2 aromatic rings. The molecule has 1 aromatic carbocycles. The van der Waals surface area contributed by atoms with Gasteiger partial charge in [-0.1, -0.05) is 0 Å². The molecule has 138 valence electrons. The summed E-state index contributed by atoms with van der Waals surface area (Å²) in [4.78, 5) is 23.5. The Morgan fingerprint density at radius 2 is 1.85 bits per heavy atom. The second kappa shape index (κ2) is 7.59. The average Bonchev–Trinajstić information content (AvgIpc) is 3.04. The predicted molar refractivity (Wildman–Crippen MR) is 95.7 cm³/mol. The zero-order valence-corrected chi connectivity index (χ0v) is 14.9. The summed E-state index contributed by atoms with van der Waals surface area (Å²) in [6.07, 6.45) is 2.56. The summed E-state index contributed by atoms with van der Waals surface area (Å²) in [6.45, 7) is 1.89. The minimum Gasteiger partial charge on any atom is -0.497 e. The number of carbonyl (C=O) groups is 2. The molecule has 26 heavy (non-hydrogen) atoms. The number of carboxylic acids is 1. The molecule has 0 spiro atoms. The van der Waals surface area contributed by atoms with E-state index in [2.05, 4.69) is 10.4 Å². The van der Waals surface area contributed by atoms with Gasteiger partial charge in [-0.2, -0.15) is 5.10 Å². The Bertz CT molecular complexity index is 790. The smallest absolute Gasteiger partial charge is 0.306 e. The highest BCUT2D eigenvalue weighted by Crippen LogP contribution is 2.24. The lowest BCUT2D eigenvalue weighted by Gasteiger charge is -2.26. The molecule has 1 amide bonds. The average molecular weight is 357 g/mol. The number of hydrogen-bond donors (Lipinski definition) is 2. The van der Waals surface area contributed by atoms with Crippen LogP contribution in [0.15, 0.2) is 30.3 Å². The van der Waals surface area contributed by atoms with Gasteiger partial charge in [-0.3, -0.25) is 9.59 Å². The van der Waals surface area contributed by atoms with E-state index in [1.54, 1.807) is 17.9 Å². The zero-order chi connectivity index (χ0) is 18.7. The number of ether oxygens (including phenoxy) is 1. The molecule has 7 nitrogen and oxygen atoms in total. The highest BCUT2D eigenvalue weighted by molar-refractivity contribution is 5.92. The fourth-order valence-corrected chi connectivity index (χ4v) is 3.31. The Kier molecular flexibility index (Phi) is 5.25. The van der Waals surface area contributed by atoms with Crippen molar-refractivity contribution in [3.05, 3.63) is 41.7 Å². The highest BCUT2D eigenvalue weighted by atomic mass is 16.5. The molecule has 0 aliphatic heterocycles. The van der Waals surface area contributed by atoms with Crippen LogP contribution < -0.4 is 10.1 Å². The van der Waals surface area contributed by atoms with Crippen molar-refractivity contribution in [2.45, 2.75) is 38.6 Å². The molecular formula is C19H23N3O4. The van der Waals surface area contributed by atoms with Crippen LogP contribution in [0.25, 0.3) is 5.69 Å². The number of nitrogens with zero attached hydrogens (tertiary/aromatic N) is 2. The molecule has 2 N–H and O–H groups in total. The molecule has 0 saturated heterocycles. The van der Waals surface area contributed by atoms with Crippen molar-refractivity contribution in [3.63, 3.8) is 0 Å². The minimum absolute atomic E-state index is 0.00421. The van der Waals surface area contributed by atoms with Gasteiger partial charge in [0.05, 0.1) is 18.7 Å². The maximum absolute atomic E-state index is 12.5. The number of rotatable bonds is 5. The van der Waals surface area contributed by atoms with E-state index in [-0.39, 0.29) is 17.9 Å². The van der Waals surface area contributed by atoms with E-state index < -0.39 is 5.97 Å². The van der Waals surface area contributed by atoms with E-state index in [0.29, 0.717) is 31.4 Å². The number of aliphatic carboxylic acids is 1. The number of carbonyl (C=O) groups excluding carboxylic acids is 1. The molecule has 0 radical (unpaired) electrons. The third-order valence-electron chi connectivity index (χ3n) is 4.85. The number of methoxy groups -OCH3 is 1. The lowest BCUT2D eigenvalue weighted by molar-refractivity contribution is -0.142. The van der Waals surface area contributed by atoms with Crippen LogP contribution in [0, 0.1) is 12.8 Å². The maximum atomic E-state index is 12.5. The van der Waals surface area contributed by atoms with Gasteiger partial charge >= 0.3 is 5.97 Å². The van der Waals surface area contributed by atoms with Crippen molar-refractivity contribution in [2.75, 3.05) is 7.11 Å². The third kappa shape index (κ3) is 3.87. The molecule has 0 bridgehead atoms. The van der Waals surface area contributed by atoms with Crippen molar-refractivity contribution < 1.29 is 19.4 Å². The van der Waals surface area contributed by atoms with Crippen LogP contribution in [0.2, 0.25) is 0 Å². The van der Waals surface area contributed by atoms with Crippen molar-refractivity contribution in [3.8, 4) is 11.4 Å². The number of carboxylic acid groups (broad SMARTS) is 1. The van der Waals surface area contributed by atoms with E-state index in [1.807, 2.05) is 31.2 Å². The van der Waals surface area contributed by atoms with Crippen molar-refractivity contribution in [1.82, 2.24) is 15.1 Å². The number of aromatic nitrogens is 2. The Hall–Kier alpha value is -2.83. The van der Waals surface area contributed by atoms with E-state index in [4.69, 9.17) is 9.84 Å². The monoisotopic (exact) mass is 357 g/mol. The second-order valence-electron chi connectivity index (χ2n) is 6.64.